The number of carbonyl (C=O) groups is 1. The fraction of sp³-hybridized carbons (Fsp3) is 0.385. The molecule has 0 amide bonds. The normalized spacial score (nSPS) is 10.4. The van der Waals surface area contributed by atoms with Gasteiger partial charge in [0.25, 0.3) is 0 Å². The highest BCUT2D eigenvalue weighted by atomic mass is 16.5. The van der Waals surface area contributed by atoms with E-state index < -0.39 is 5.97 Å². The highest BCUT2D eigenvalue weighted by Crippen LogP contribution is 2.22. The predicted octanol–water partition coefficient (Wildman–Crippen LogP) is 1.47. The lowest BCUT2D eigenvalue weighted by Crippen LogP contribution is -2.05. The van der Waals surface area contributed by atoms with Crippen LogP contribution in [0.2, 0.25) is 0 Å². The zero-order chi connectivity index (χ0) is 14.4. The fourth-order valence-corrected chi connectivity index (χ4v) is 1.91. The summed E-state index contributed by atoms with van der Waals surface area (Å²) < 4.78 is 6.91. The molecule has 1 aromatic heterocycles. The minimum atomic E-state index is -0.783. The number of carboxylic acid groups (broad SMARTS) is 1. The van der Waals surface area contributed by atoms with E-state index in [-0.39, 0.29) is 6.42 Å². The van der Waals surface area contributed by atoms with Crippen molar-refractivity contribution in [3.63, 3.8) is 0 Å². The maximum absolute atomic E-state index is 10.5. The van der Waals surface area contributed by atoms with Crippen LogP contribution in [-0.4, -0.2) is 38.4 Å². The van der Waals surface area contributed by atoms with Crippen LogP contribution in [0, 0.1) is 0 Å². The SMILES string of the molecule is COc1ccccc1-n1nnnc1CCCCC(=O)O. The molecular weight excluding hydrogens is 260 g/mol. The maximum atomic E-state index is 10.5. The van der Waals surface area contributed by atoms with Crippen molar-refractivity contribution in [2.24, 2.45) is 0 Å². The molecule has 7 heteroatoms. The molecule has 0 radical (unpaired) electrons. The molecule has 0 aliphatic heterocycles. The summed E-state index contributed by atoms with van der Waals surface area (Å²) in [4.78, 5) is 10.5. The number of hydrogen-bond acceptors (Lipinski definition) is 5. The third-order valence-electron chi connectivity index (χ3n) is 2.89. The Morgan fingerprint density at radius 3 is 2.90 bits per heavy atom. The summed E-state index contributed by atoms with van der Waals surface area (Å²) in [6, 6.07) is 7.47. The highest BCUT2D eigenvalue weighted by molar-refractivity contribution is 5.66. The van der Waals surface area contributed by atoms with Crippen molar-refractivity contribution in [1.29, 1.82) is 0 Å². The molecule has 2 aromatic rings. The Morgan fingerprint density at radius 2 is 2.15 bits per heavy atom. The van der Waals surface area contributed by atoms with E-state index in [1.54, 1.807) is 11.8 Å². The number of rotatable bonds is 7. The van der Waals surface area contributed by atoms with Crippen LogP contribution < -0.4 is 4.74 Å². The first-order valence-corrected chi connectivity index (χ1v) is 6.35. The molecule has 1 N–H and O–H groups in total. The summed E-state index contributed by atoms with van der Waals surface area (Å²) in [5.74, 6) is 0.598. The van der Waals surface area contributed by atoms with Gasteiger partial charge >= 0.3 is 5.97 Å². The molecule has 0 aliphatic rings. The van der Waals surface area contributed by atoms with Gasteiger partial charge in [0.1, 0.15) is 11.4 Å². The van der Waals surface area contributed by atoms with E-state index in [1.165, 1.54) is 0 Å². The number of carboxylic acids is 1. The molecule has 0 atom stereocenters. The summed E-state index contributed by atoms with van der Waals surface area (Å²) in [7, 11) is 1.59. The van der Waals surface area contributed by atoms with Crippen molar-refractivity contribution in [3.05, 3.63) is 30.1 Å². The van der Waals surface area contributed by atoms with E-state index in [0.29, 0.717) is 24.4 Å². The van der Waals surface area contributed by atoms with E-state index in [0.717, 1.165) is 12.1 Å². The maximum Gasteiger partial charge on any atom is 0.303 e. The van der Waals surface area contributed by atoms with Gasteiger partial charge in [0.15, 0.2) is 5.82 Å². The van der Waals surface area contributed by atoms with Gasteiger partial charge in [0, 0.05) is 12.8 Å². The van der Waals surface area contributed by atoms with Crippen LogP contribution in [0.25, 0.3) is 5.69 Å². The Labute approximate surface area is 116 Å². The number of para-hydroxylation sites is 2. The zero-order valence-electron chi connectivity index (χ0n) is 11.2. The van der Waals surface area contributed by atoms with E-state index in [4.69, 9.17) is 9.84 Å². The number of benzene rings is 1. The number of tetrazole rings is 1. The largest absolute Gasteiger partial charge is 0.494 e. The lowest BCUT2D eigenvalue weighted by molar-refractivity contribution is -0.137. The second-order valence-corrected chi connectivity index (χ2v) is 4.28. The van der Waals surface area contributed by atoms with Crippen LogP contribution in [-0.2, 0) is 11.2 Å². The minimum absolute atomic E-state index is 0.163. The number of aliphatic carboxylic acids is 1. The van der Waals surface area contributed by atoms with Crippen LogP contribution in [0.4, 0.5) is 0 Å². The standard InChI is InChI=1S/C13H16N4O3/c1-20-11-7-3-2-6-10(11)17-12(14-15-16-17)8-4-5-9-13(18)19/h2-3,6-7H,4-5,8-9H2,1H3,(H,18,19). The molecule has 106 valence electrons. The Balaban J connectivity index is 2.10. The number of unbranched alkanes of at least 4 members (excludes halogenated alkanes) is 1. The van der Waals surface area contributed by atoms with Gasteiger partial charge in [-0.3, -0.25) is 4.79 Å². The average Bonchev–Trinajstić information content (AvgIpc) is 2.91. The molecule has 2 rings (SSSR count). The van der Waals surface area contributed by atoms with E-state index in [1.807, 2.05) is 24.3 Å². The number of ether oxygens (including phenoxy) is 1. The van der Waals surface area contributed by atoms with E-state index in [9.17, 15) is 4.79 Å². The summed E-state index contributed by atoms with van der Waals surface area (Å²) in [5, 5.41) is 20.2. The summed E-state index contributed by atoms with van der Waals surface area (Å²) in [6.07, 6.45) is 2.12. The highest BCUT2D eigenvalue weighted by Gasteiger charge is 2.12. The van der Waals surface area contributed by atoms with Crippen molar-refractivity contribution < 1.29 is 14.6 Å². The Morgan fingerprint density at radius 1 is 1.35 bits per heavy atom. The second kappa shape index (κ2) is 6.65. The number of methoxy groups -OCH3 is 1. The van der Waals surface area contributed by atoms with Crippen molar-refractivity contribution in [3.8, 4) is 11.4 Å². The summed E-state index contributed by atoms with van der Waals surface area (Å²) >= 11 is 0. The molecule has 0 spiro atoms. The van der Waals surface area contributed by atoms with Crippen LogP contribution in [0.15, 0.2) is 24.3 Å². The van der Waals surface area contributed by atoms with Gasteiger partial charge < -0.3 is 9.84 Å². The molecule has 20 heavy (non-hydrogen) atoms. The van der Waals surface area contributed by atoms with Gasteiger partial charge in [-0.15, -0.1) is 5.10 Å². The average molecular weight is 276 g/mol. The molecule has 1 aromatic carbocycles. The molecular formula is C13H16N4O3. The molecule has 0 aliphatic carbocycles. The first-order valence-electron chi connectivity index (χ1n) is 6.35. The van der Waals surface area contributed by atoms with Crippen molar-refractivity contribution in [2.45, 2.75) is 25.7 Å². The lowest BCUT2D eigenvalue weighted by Gasteiger charge is -2.08. The smallest absolute Gasteiger partial charge is 0.303 e. The van der Waals surface area contributed by atoms with Gasteiger partial charge in [-0.05, 0) is 35.4 Å². The lowest BCUT2D eigenvalue weighted by atomic mass is 10.2. The molecule has 0 saturated carbocycles. The summed E-state index contributed by atoms with van der Waals surface area (Å²) in [5.41, 5.74) is 0.772. The van der Waals surface area contributed by atoms with Crippen LogP contribution >= 0.6 is 0 Å². The first-order chi connectivity index (χ1) is 9.72. The Bertz CT molecular complexity index is 583. The van der Waals surface area contributed by atoms with Crippen LogP contribution in [0.1, 0.15) is 25.1 Å². The molecule has 0 fully saturated rings. The van der Waals surface area contributed by atoms with Gasteiger partial charge in [-0.2, -0.15) is 4.68 Å². The van der Waals surface area contributed by atoms with Crippen LogP contribution in [0.5, 0.6) is 5.75 Å². The van der Waals surface area contributed by atoms with E-state index in [2.05, 4.69) is 15.5 Å². The zero-order valence-corrected chi connectivity index (χ0v) is 11.2. The molecule has 0 unspecified atom stereocenters. The van der Waals surface area contributed by atoms with Gasteiger partial charge in [0.2, 0.25) is 0 Å². The molecule has 1 heterocycles. The van der Waals surface area contributed by atoms with E-state index >= 15 is 0 Å². The van der Waals surface area contributed by atoms with Crippen molar-refractivity contribution in [1.82, 2.24) is 20.2 Å². The van der Waals surface area contributed by atoms with Crippen molar-refractivity contribution >= 4 is 5.97 Å². The number of aryl methyl sites for hydroxylation is 1. The van der Waals surface area contributed by atoms with Gasteiger partial charge in [-0.25, -0.2) is 0 Å². The molecule has 0 bridgehead atoms. The second-order valence-electron chi connectivity index (χ2n) is 4.28. The van der Waals surface area contributed by atoms with Gasteiger partial charge in [0.05, 0.1) is 7.11 Å². The van der Waals surface area contributed by atoms with Crippen molar-refractivity contribution in [2.75, 3.05) is 7.11 Å². The fourth-order valence-electron chi connectivity index (χ4n) is 1.91. The Kier molecular flexibility index (Phi) is 4.65. The third kappa shape index (κ3) is 3.31. The first kappa shape index (κ1) is 14.0. The molecule has 7 nitrogen and oxygen atoms in total. The quantitative estimate of drug-likeness (QED) is 0.770. The molecule has 0 saturated heterocycles. The number of nitrogens with zero attached hydrogens (tertiary/aromatic N) is 4. The third-order valence-corrected chi connectivity index (χ3v) is 2.89. The monoisotopic (exact) mass is 276 g/mol. The van der Waals surface area contributed by atoms with Gasteiger partial charge in [-0.1, -0.05) is 12.1 Å². The summed E-state index contributed by atoms with van der Waals surface area (Å²) in [6.45, 7) is 0. The van der Waals surface area contributed by atoms with Crippen LogP contribution in [0.3, 0.4) is 0 Å². The predicted molar refractivity (Wildman–Crippen MR) is 70.9 cm³/mol. The topological polar surface area (TPSA) is 90.1 Å². The number of hydrogen-bond donors (Lipinski definition) is 1. The Hall–Kier alpha value is -2.44. The number of aromatic nitrogens is 4. The minimum Gasteiger partial charge on any atom is -0.494 e.